The largest absolute Gasteiger partial charge is 0.388 e. The Labute approximate surface area is 225 Å². The van der Waals surface area contributed by atoms with E-state index in [1.165, 1.54) is 0 Å². The maximum atomic E-state index is 13.0. The highest BCUT2D eigenvalue weighted by Gasteiger charge is 2.82. The minimum absolute atomic E-state index is 0.180. The summed E-state index contributed by atoms with van der Waals surface area (Å²) in [4.78, 5) is 0. The monoisotopic (exact) mass is 990 g/mol. The third kappa shape index (κ3) is 6.99. The fraction of sp³-hybridized carbons (Fsp3) is 1.00. The van der Waals surface area contributed by atoms with Crippen LogP contribution in [0.15, 0.2) is 0 Å². The van der Waals surface area contributed by atoms with Crippen molar-refractivity contribution < 1.29 is 70.2 Å². The molecule has 0 aromatic heterocycles. The minimum atomic E-state index is -6.12. The highest BCUT2D eigenvalue weighted by atomic mass is 127. The van der Waals surface area contributed by atoms with Gasteiger partial charge in [0.2, 0.25) is 0 Å². The number of hydrogen-bond donors (Lipinski definition) is 0. The van der Waals surface area contributed by atoms with Crippen molar-refractivity contribution in [3.8, 4) is 0 Å². The van der Waals surface area contributed by atoms with Gasteiger partial charge >= 0.3 is 43.7 Å². The van der Waals surface area contributed by atoms with Gasteiger partial charge in [-0.05, 0) is 0 Å². The zero-order valence-corrected chi connectivity index (χ0v) is 23.0. The van der Waals surface area contributed by atoms with Crippen LogP contribution in [0.3, 0.4) is 0 Å². The topological polar surface area (TPSA) is 0 Å². The molecule has 0 aromatic rings. The molecule has 190 valence electrons. The Balaban J connectivity index is 0. The summed E-state index contributed by atoms with van der Waals surface area (Å²) in [6, 6.07) is 0. The first kappa shape index (κ1) is 35.5. The molecule has 31 heavy (non-hydrogen) atoms. The first-order chi connectivity index (χ1) is 12.8. The normalized spacial score (nSPS) is 19.2. The molecule has 0 spiro atoms. The van der Waals surface area contributed by atoms with Crippen LogP contribution < -0.4 is 0 Å². The van der Waals surface area contributed by atoms with Gasteiger partial charge in [0.25, 0.3) is 0 Å². The number of alkyl halides is 22. The van der Waals surface area contributed by atoms with Crippen molar-refractivity contribution in [3.05, 3.63) is 0 Å². The second kappa shape index (κ2) is 10.0. The van der Waals surface area contributed by atoms with Crippen molar-refractivity contribution in [1.29, 1.82) is 0 Å². The molecule has 0 saturated carbocycles. The van der Waals surface area contributed by atoms with Crippen molar-refractivity contribution in [2.45, 2.75) is 43.7 Å². The molecule has 0 rings (SSSR count). The predicted octanol–water partition coefficient (Wildman–Crippen LogP) is 9.80. The fourth-order valence-electron chi connectivity index (χ4n) is 0.909. The van der Waals surface area contributed by atoms with E-state index in [0.717, 1.165) is 0 Å². The Morgan fingerprint density at radius 1 is 0.323 bits per heavy atom. The van der Waals surface area contributed by atoms with E-state index in [2.05, 4.69) is 23.2 Å². The summed E-state index contributed by atoms with van der Waals surface area (Å²) >= 11 is 7.33. The van der Waals surface area contributed by atoms with Crippen molar-refractivity contribution in [1.82, 2.24) is 0 Å². The van der Waals surface area contributed by atoms with Gasteiger partial charge in [-0.2, -0.15) is 61.5 Å². The van der Waals surface area contributed by atoms with E-state index < -0.39 is 43.7 Å². The van der Waals surface area contributed by atoms with Crippen LogP contribution >= 0.6 is 114 Å². The zero-order chi connectivity index (χ0) is 26.5. The van der Waals surface area contributed by atoms with Crippen LogP contribution in [-0.2, 0) is 0 Å². The summed E-state index contributed by atoms with van der Waals surface area (Å²) < 4.78 is 178. The second-order valence-corrected chi connectivity index (χ2v) is 11.3. The Morgan fingerprint density at radius 2 is 0.484 bits per heavy atom. The van der Waals surface area contributed by atoms with Gasteiger partial charge in [-0.15, -0.1) is 0 Å². The molecule has 0 amide bonds. The molecule has 0 aliphatic heterocycles. The molecule has 0 fully saturated rings. The average molecular weight is 991 g/mol. The van der Waals surface area contributed by atoms with E-state index >= 15 is 0 Å². The Kier molecular flexibility index (Phi) is 11.5. The Bertz CT molecular complexity index is 563. The van der Waals surface area contributed by atoms with Gasteiger partial charge in [0.15, 0.2) is 0 Å². The first-order valence-corrected chi connectivity index (χ1v) is 11.0. The van der Waals surface area contributed by atoms with Gasteiger partial charge in [-0.3, -0.25) is 0 Å². The molecule has 0 N–H and O–H groups in total. The van der Waals surface area contributed by atoms with Crippen LogP contribution in [0, 0.1) is 0 Å². The molecule has 0 nitrogen and oxygen atoms in total. The number of hydrogen-bond acceptors (Lipinski definition) is 0. The molecule has 0 bridgehead atoms. The number of rotatable bonds is 7. The molecule has 0 radical (unpaired) electrons. The molecule has 0 aliphatic rings. The fourth-order valence-corrected chi connectivity index (χ4v) is 2.57. The third-order valence-electron chi connectivity index (χ3n) is 2.61. The highest BCUT2D eigenvalue weighted by molar-refractivity contribution is 14.1. The summed E-state index contributed by atoms with van der Waals surface area (Å²) in [5, 5.41) is -10.8. The average Bonchev–Trinajstić information content (AvgIpc) is 2.42. The van der Waals surface area contributed by atoms with Crippen LogP contribution in [0.4, 0.5) is 70.2 Å². The summed E-state index contributed by atoms with van der Waals surface area (Å²) in [6.07, 6.45) is 0. The standard InChI is InChI=1S/C5Cl2F8I2.C4F8I2/c6-1(8,4(12,13)16)3(10,11)2(7,9)5(14,15)17;5-1(6,3(9,10)13)2(7,8)4(11,12)14. The van der Waals surface area contributed by atoms with Crippen molar-refractivity contribution in [2.75, 3.05) is 0 Å². The summed E-state index contributed by atoms with van der Waals surface area (Å²) in [5.74, 6) is -18.3. The molecular weight excluding hydrogens is 991 g/mol. The Morgan fingerprint density at radius 3 is 0.581 bits per heavy atom. The van der Waals surface area contributed by atoms with Crippen LogP contribution in [0.1, 0.15) is 0 Å². The molecular formula is C9Cl2F16I4. The predicted molar refractivity (Wildman–Crippen MR) is 110 cm³/mol. The lowest BCUT2D eigenvalue weighted by molar-refractivity contribution is -0.312. The first-order valence-electron chi connectivity index (χ1n) is 5.91. The molecule has 2 unspecified atom stereocenters. The van der Waals surface area contributed by atoms with Gasteiger partial charge in [-0.25, -0.2) is 8.78 Å². The molecule has 0 aromatic carbocycles. The molecule has 2 atom stereocenters. The third-order valence-corrected chi connectivity index (χ3v) is 7.04. The van der Waals surface area contributed by atoms with E-state index in [1.807, 2.05) is 0 Å². The molecule has 0 aliphatic carbocycles. The van der Waals surface area contributed by atoms with E-state index in [1.54, 1.807) is 0 Å². The van der Waals surface area contributed by atoms with Gasteiger partial charge < -0.3 is 0 Å². The maximum Gasteiger partial charge on any atom is 0.388 e. The highest BCUT2D eigenvalue weighted by Crippen LogP contribution is 2.62. The molecule has 0 heterocycles. The van der Waals surface area contributed by atoms with E-state index in [-0.39, 0.29) is 90.4 Å². The molecule has 22 heteroatoms. The van der Waals surface area contributed by atoms with Crippen molar-refractivity contribution in [3.63, 3.8) is 0 Å². The van der Waals surface area contributed by atoms with E-state index in [0.29, 0.717) is 0 Å². The minimum Gasteiger partial charge on any atom is -0.211 e. The van der Waals surface area contributed by atoms with Crippen LogP contribution in [0.5, 0.6) is 0 Å². The number of halogens is 22. The van der Waals surface area contributed by atoms with Crippen LogP contribution in [0.2, 0.25) is 0 Å². The van der Waals surface area contributed by atoms with Gasteiger partial charge in [0.1, 0.15) is 0 Å². The Hall–Kier alpha value is 2.38. The van der Waals surface area contributed by atoms with Crippen LogP contribution in [0.25, 0.3) is 0 Å². The van der Waals surface area contributed by atoms with Crippen molar-refractivity contribution in [2.24, 2.45) is 0 Å². The van der Waals surface area contributed by atoms with E-state index in [9.17, 15) is 70.2 Å². The summed E-state index contributed by atoms with van der Waals surface area (Å²) in [5.41, 5.74) is 0. The SMILES string of the molecule is FC(F)(I)C(F)(Cl)C(F)(F)C(F)(Cl)C(F)(F)I.FC(F)(I)C(F)(F)C(F)(F)C(F)(F)I. The maximum absolute atomic E-state index is 13.0. The van der Waals surface area contributed by atoms with Crippen LogP contribution in [-0.4, -0.2) is 43.7 Å². The van der Waals surface area contributed by atoms with Gasteiger partial charge in [0.05, 0.1) is 0 Å². The van der Waals surface area contributed by atoms with E-state index in [4.69, 9.17) is 0 Å². The van der Waals surface area contributed by atoms with Gasteiger partial charge in [0, 0.05) is 90.4 Å². The van der Waals surface area contributed by atoms with Crippen molar-refractivity contribution >= 4 is 114 Å². The molecule has 0 saturated heterocycles. The lowest BCUT2D eigenvalue weighted by atomic mass is 10.1. The smallest absolute Gasteiger partial charge is 0.211 e. The van der Waals surface area contributed by atoms with Gasteiger partial charge in [-0.1, -0.05) is 23.2 Å². The lowest BCUT2D eigenvalue weighted by Crippen LogP contribution is -2.63. The summed E-state index contributed by atoms with van der Waals surface area (Å²) in [6.45, 7) is 0. The quantitative estimate of drug-likeness (QED) is 0.136. The summed E-state index contributed by atoms with van der Waals surface area (Å²) in [7, 11) is 0. The lowest BCUT2D eigenvalue weighted by Gasteiger charge is -2.38. The zero-order valence-electron chi connectivity index (χ0n) is 12.8. The second-order valence-electron chi connectivity index (χ2n) is 4.86.